The van der Waals surface area contributed by atoms with Crippen molar-refractivity contribution in [3.63, 3.8) is 0 Å². The van der Waals surface area contributed by atoms with Gasteiger partial charge in [-0.25, -0.2) is 0 Å². The van der Waals surface area contributed by atoms with Crippen LogP contribution < -0.4 is 5.32 Å². The maximum absolute atomic E-state index is 11.9. The number of aryl methyl sites for hydroxylation is 2. The molecule has 1 aromatic heterocycles. The van der Waals surface area contributed by atoms with Crippen molar-refractivity contribution in [2.24, 2.45) is 0 Å². The molecule has 2 rings (SSSR count). The second-order valence-corrected chi connectivity index (χ2v) is 5.48. The largest absolute Gasteiger partial charge is 0.324 e. The first-order chi connectivity index (χ1) is 8.56. The smallest absolute Gasteiger partial charge is 0.228 e. The minimum absolute atomic E-state index is 0.0396. The van der Waals surface area contributed by atoms with Crippen LogP contribution in [0.25, 0.3) is 0 Å². The van der Waals surface area contributed by atoms with Crippen LogP contribution in [0.4, 0.5) is 5.69 Å². The lowest BCUT2D eigenvalue weighted by molar-refractivity contribution is -0.115. The van der Waals surface area contributed by atoms with E-state index >= 15 is 0 Å². The maximum Gasteiger partial charge on any atom is 0.228 e. The Labute approximate surface area is 116 Å². The number of anilines is 1. The van der Waals surface area contributed by atoms with Crippen molar-refractivity contribution in [1.29, 1.82) is 0 Å². The predicted molar refractivity (Wildman–Crippen MR) is 77.6 cm³/mol. The van der Waals surface area contributed by atoms with Crippen LogP contribution in [-0.4, -0.2) is 5.91 Å². The molecule has 2 nitrogen and oxygen atoms in total. The molecule has 0 bridgehead atoms. The van der Waals surface area contributed by atoms with E-state index in [1.807, 2.05) is 42.8 Å². The topological polar surface area (TPSA) is 29.1 Å². The highest BCUT2D eigenvalue weighted by atomic mass is 35.5. The van der Waals surface area contributed by atoms with Gasteiger partial charge in [-0.2, -0.15) is 11.3 Å². The van der Waals surface area contributed by atoms with Crippen molar-refractivity contribution in [3.05, 3.63) is 50.7 Å². The zero-order chi connectivity index (χ0) is 13.1. The molecular formula is C14H14ClNOS. The van der Waals surface area contributed by atoms with Crippen molar-refractivity contribution in [2.75, 3.05) is 5.32 Å². The number of benzene rings is 1. The van der Waals surface area contributed by atoms with Crippen molar-refractivity contribution in [2.45, 2.75) is 20.3 Å². The van der Waals surface area contributed by atoms with Crippen LogP contribution in [0.2, 0.25) is 5.02 Å². The van der Waals surface area contributed by atoms with Gasteiger partial charge in [-0.05, 0) is 53.4 Å². The Morgan fingerprint density at radius 1 is 1.39 bits per heavy atom. The molecule has 18 heavy (non-hydrogen) atoms. The summed E-state index contributed by atoms with van der Waals surface area (Å²) in [6.45, 7) is 3.93. The fourth-order valence-electron chi connectivity index (χ4n) is 1.84. The number of halogens is 1. The molecule has 1 aromatic carbocycles. The molecule has 0 fully saturated rings. The summed E-state index contributed by atoms with van der Waals surface area (Å²) in [6.07, 6.45) is 0.382. The highest BCUT2D eigenvalue weighted by Crippen LogP contribution is 2.27. The van der Waals surface area contributed by atoms with Crippen LogP contribution in [-0.2, 0) is 11.2 Å². The molecule has 0 radical (unpaired) electrons. The number of carbonyl (C=O) groups excluding carboxylic acids is 1. The van der Waals surface area contributed by atoms with E-state index in [2.05, 4.69) is 5.32 Å². The van der Waals surface area contributed by atoms with Crippen LogP contribution in [0, 0.1) is 13.8 Å². The van der Waals surface area contributed by atoms with Gasteiger partial charge in [0.2, 0.25) is 5.91 Å². The van der Waals surface area contributed by atoms with Gasteiger partial charge in [-0.15, -0.1) is 0 Å². The quantitative estimate of drug-likeness (QED) is 0.896. The van der Waals surface area contributed by atoms with E-state index in [0.717, 1.165) is 16.7 Å². The summed E-state index contributed by atoms with van der Waals surface area (Å²) in [5.41, 5.74) is 3.81. The van der Waals surface area contributed by atoms with Crippen molar-refractivity contribution in [1.82, 2.24) is 0 Å². The highest BCUT2D eigenvalue weighted by Gasteiger charge is 2.10. The first-order valence-corrected chi connectivity index (χ1v) is 6.96. The average Bonchev–Trinajstić information content (AvgIpc) is 2.76. The molecule has 1 amide bonds. The molecule has 0 aliphatic rings. The second-order valence-electron chi connectivity index (χ2n) is 4.30. The normalized spacial score (nSPS) is 10.4. The molecule has 1 N–H and O–H groups in total. The molecule has 0 atom stereocenters. The van der Waals surface area contributed by atoms with E-state index < -0.39 is 0 Å². The third-order valence-corrected chi connectivity index (χ3v) is 3.67. The summed E-state index contributed by atoms with van der Waals surface area (Å²) in [4.78, 5) is 11.9. The molecule has 0 spiro atoms. The van der Waals surface area contributed by atoms with E-state index in [-0.39, 0.29) is 5.91 Å². The number of nitrogens with one attached hydrogen (secondary N) is 1. The standard InChI is InChI=1S/C14H14ClNOS/c1-9-5-10(2)14(12(15)6-9)16-13(17)7-11-3-4-18-8-11/h3-6,8H,7H2,1-2H3,(H,16,17). The minimum Gasteiger partial charge on any atom is -0.324 e. The third-order valence-electron chi connectivity index (χ3n) is 2.64. The fraction of sp³-hybridized carbons (Fsp3) is 0.214. The van der Waals surface area contributed by atoms with E-state index in [1.54, 1.807) is 11.3 Å². The monoisotopic (exact) mass is 279 g/mol. The lowest BCUT2D eigenvalue weighted by atomic mass is 10.1. The molecule has 0 aliphatic heterocycles. The van der Waals surface area contributed by atoms with Crippen LogP contribution in [0.1, 0.15) is 16.7 Å². The van der Waals surface area contributed by atoms with Gasteiger partial charge in [-0.3, -0.25) is 4.79 Å². The summed E-state index contributed by atoms with van der Waals surface area (Å²) >= 11 is 7.74. The fourth-order valence-corrected chi connectivity index (χ4v) is 2.87. The summed E-state index contributed by atoms with van der Waals surface area (Å²) in [7, 11) is 0. The van der Waals surface area contributed by atoms with Gasteiger partial charge >= 0.3 is 0 Å². The molecule has 0 saturated heterocycles. The van der Waals surface area contributed by atoms with Crippen molar-refractivity contribution < 1.29 is 4.79 Å². The maximum atomic E-state index is 11.9. The Hall–Kier alpha value is -1.32. The van der Waals surface area contributed by atoms with Crippen LogP contribution in [0.5, 0.6) is 0 Å². The zero-order valence-corrected chi connectivity index (χ0v) is 11.9. The molecule has 0 saturated carbocycles. The van der Waals surface area contributed by atoms with E-state index in [4.69, 9.17) is 11.6 Å². The number of hydrogen-bond acceptors (Lipinski definition) is 2. The predicted octanol–water partition coefficient (Wildman–Crippen LogP) is 4.20. The SMILES string of the molecule is Cc1cc(C)c(NC(=O)Cc2ccsc2)c(Cl)c1. The highest BCUT2D eigenvalue weighted by molar-refractivity contribution is 7.08. The minimum atomic E-state index is -0.0396. The van der Waals surface area contributed by atoms with Gasteiger partial charge in [0.05, 0.1) is 17.1 Å². The summed E-state index contributed by atoms with van der Waals surface area (Å²) in [6, 6.07) is 5.81. The summed E-state index contributed by atoms with van der Waals surface area (Å²) < 4.78 is 0. The van der Waals surface area contributed by atoms with Gasteiger partial charge in [-0.1, -0.05) is 17.7 Å². The summed E-state index contributed by atoms with van der Waals surface area (Å²) in [5.74, 6) is -0.0396. The van der Waals surface area contributed by atoms with Crippen LogP contribution >= 0.6 is 22.9 Å². The van der Waals surface area contributed by atoms with Gasteiger partial charge < -0.3 is 5.32 Å². The van der Waals surface area contributed by atoms with Gasteiger partial charge in [0.25, 0.3) is 0 Å². The molecule has 94 valence electrons. The van der Waals surface area contributed by atoms with Crippen LogP contribution in [0.15, 0.2) is 29.0 Å². The number of rotatable bonds is 3. The molecule has 4 heteroatoms. The van der Waals surface area contributed by atoms with E-state index in [1.165, 1.54) is 0 Å². The Bertz CT molecular complexity index is 540. The molecule has 0 aliphatic carbocycles. The molecule has 2 aromatic rings. The zero-order valence-electron chi connectivity index (χ0n) is 10.3. The average molecular weight is 280 g/mol. The van der Waals surface area contributed by atoms with Gasteiger partial charge in [0, 0.05) is 0 Å². The van der Waals surface area contributed by atoms with Crippen molar-refractivity contribution >= 4 is 34.5 Å². The van der Waals surface area contributed by atoms with Crippen molar-refractivity contribution in [3.8, 4) is 0 Å². The number of hydrogen-bond donors (Lipinski definition) is 1. The van der Waals surface area contributed by atoms with Gasteiger partial charge in [0.15, 0.2) is 0 Å². The number of carbonyl (C=O) groups is 1. The van der Waals surface area contributed by atoms with Crippen LogP contribution in [0.3, 0.4) is 0 Å². The molecular weight excluding hydrogens is 266 g/mol. The number of amides is 1. The first-order valence-electron chi connectivity index (χ1n) is 5.64. The second kappa shape index (κ2) is 5.55. The molecule has 1 heterocycles. The number of thiophene rings is 1. The Balaban J connectivity index is 2.12. The van der Waals surface area contributed by atoms with E-state index in [0.29, 0.717) is 17.1 Å². The Morgan fingerprint density at radius 3 is 2.78 bits per heavy atom. The Kier molecular flexibility index (Phi) is 4.04. The lowest BCUT2D eigenvalue weighted by Gasteiger charge is -2.11. The third kappa shape index (κ3) is 3.12. The first kappa shape index (κ1) is 13.1. The van der Waals surface area contributed by atoms with E-state index in [9.17, 15) is 4.79 Å². The summed E-state index contributed by atoms with van der Waals surface area (Å²) in [5, 5.41) is 7.41. The molecule has 0 unspecified atom stereocenters. The van der Waals surface area contributed by atoms with Gasteiger partial charge in [0.1, 0.15) is 0 Å². The Morgan fingerprint density at radius 2 is 2.17 bits per heavy atom. The lowest BCUT2D eigenvalue weighted by Crippen LogP contribution is -2.15.